The molecule has 0 spiro atoms. The summed E-state index contributed by atoms with van der Waals surface area (Å²) in [6, 6.07) is 0. The van der Waals surface area contributed by atoms with Gasteiger partial charge in [-0.1, -0.05) is 0 Å². The predicted octanol–water partition coefficient (Wildman–Crippen LogP) is -2.63. The Morgan fingerprint density at radius 3 is 2.39 bits per heavy atom. The zero-order chi connectivity index (χ0) is 12.9. The minimum absolute atomic E-state index is 0. The molecule has 1 saturated heterocycles. The third-order valence-corrected chi connectivity index (χ3v) is 3.61. The van der Waals surface area contributed by atoms with E-state index in [1.165, 1.54) is 0 Å². The molecule has 8 nitrogen and oxygen atoms in total. The second-order valence-electron chi connectivity index (χ2n) is 4.18. The molecule has 0 aromatic heterocycles. The molecule has 1 unspecified atom stereocenters. The van der Waals surface area contributed by atoms with Crippen molar-refractivity contribution in [3.63, 3.8) is 0 Å². The van der Waals surface area contributed by atoms with Gasteiger partial charge in [0.05, 0.1) is 12.4 Å². The van der Waals surface area contributed by atoms with Crippen molar-refractivity contribution in [3.8, 4) is 0 Å². The second-order valence-corrected chi connectivity index (χ2v) is 5.75. The van der Waals surface area contributed by atoms with Crippen molar-refractivity contribution in [3.05, 3.63) is 0 Å². The van der Waals surface area contributed by atoms with E-state index in [0.29, 0.717) is 32.6 Å². The van der Waals surface area contributed by atoms with Crippen molar-refractivity contribution in [1.29, 1.82) is 0 Å². The first kappa shape index (κ1) is 17.7. The fraction of sp³-hybridized carbons (Fsp3) is 1.00. The molecule has 1 fully saturated rings. The minimum Gasteiger partial charge on any atom is -0.412 e. The van der Waals surface area contributed by atoms with Crippen molar-refractivity contribution in [2.24, 2.45) is 0 Å². The van der Waals surface area contributed by atoms with Gasteiger partial charge >= 0.3 is 0 Å². The number of rotatable bonds is 6. The lowest BCUT2D eigenvalue weighted by Gasteiger charge is -2.38. The SMILES string of the molecule is O.O=S(=O)(O)CCCN1CCN(CCO)C(O)C1. The lowest BCUT2D eigenvalue weighted by atomic mass is 10.2. The average Bonchev–Trinajstić information content (AvgIpc) is 2.20. The van der Waals surface area contributed by atoms with Crippen molar-refractivity contribution in [1.82, 2.24) is 9.80 Å². The minimum atomic E-state index is -3.89. The summed E-state index contributed by atoms with van der Waals surface area (Å²) in [5.74, 6) is -0.250. The van der Waals surface area contributed by atoms with Gasteiger partial charge in [-0.05, 0) is 13.0 Å². The maximum Gasteiger partial charge on any atom is 0.264 e. The molecule has 1 atom stereocenters. The van der Waals surface area contributed by atoms with E-state index in [1.54, 1.807) is 4.90 Å². The van der Waals surface area contributed by atoms with Crippen LogP contribution < -0.4 is 0 Å². The van der Waals surface area contributed by atoms with Gasteiger partial charge in [0.1, 0.15) is 6.23 Å². The summed E-state index contributed by atoms with van der Waals surface area (Å²) in [5.41, 5.74) is 0. The molecule has 5 N–H and O–H groups in total. The van der Waals surface area contributed by atoms with Crippen molar-refractivity contribution < 1.29 is 28.7 Å². The van der Waals surface area contributed by atoms with Crippen LogP contribution in [0.5, 0.6) is 0 Å². The fourth-order valence-corrected chi connectivity index (χ4v) is 2.41. The Labute approximate surface area is 107 Å². The third-order valence-electron chi connectivity index (χ3n) is 2.81. The monoisotopic (exact) mass is 286 g/mol. The zero-order valence-corrected chi connectivity index (χ0v) is 11.0. The summed E-state index contributed by atoms with van der Waals surface area (Å²) in [6.45, 7) is 2.80. The highest BCUT2D eigenvalue weighted by atomic mass is 32.2. The molecular formula is C9H22N2O6S. The van der Waals surface area contributed by atoms with Crippen LogP contribution in [-0.4, -0.2) is 89.8 Å². The number of hydrogen-bond acceptors (Lipinski definition) is 6. The number of hydrogen-bond donors (Lipinski definition) is 3. The summed E-state index contributed by atoms with van der Waals surface area (Å²) >= 11 is 0. The Balaban J connectivity index is 0.00000289. The second kappa shape index (κ2) is 8.00. The molecule has 0 bridgehead atoms. The predicted molar refractivity (Wildman–Crippen MR) is 65.8 cm³/mol. The summed E-state index contributed by atoms with van der Waals surface area (Å²) in [5, 5.41) is 18.5. The van der Waals surface area contributed by atoms with Gasteiger partial charge in [-0.15, -0.1) is 0 Å². The van der Waals surface area contributed by atoms with Crippen molar-refractivity contribution >= 4 is 10.1 Å². The lowest BCUT2D eigenvalue weighted by Crippen LogP contribution is -2.53. The Bertz CT molecular complexity index is 323. The Kier molecular flexibility index (Phi) is 7.87. The van der Waals surface area contributed by atoms with Crippen LogP contribution in [0.3, 0.4) is 0 Å². The summed E-state index contributed by atoms with van der Waals surface area (Å²) in [7, 11) is -3.89. The maximum atomic E-state index is 10.5. The van der Waals surface area contributed by atoms with Crippen LogP contribution in [0.25, 0.3) is 0 Å². The standard InChI is InChI=1S/C9H20N2O5S.H2O/c12-6-5-11-4-3-10(8-9(11)13)2-1-7-17(14,15)16;/h9,12-13H,1-8H2,(H,14,15,16);1H2. The van der Waals surface area contributed by atoms with E-state index in [-0.39, 0.29) is 17.8 Å². The first-order valence-corrected chi connectivity index (χ1v) is 7.24. The molecule has 1 heterocycles. The van der Waals surface area contributed by atoms with E-state index < -0.39 is 16.3 Å². The van der Waals surface area contributed by atoms with Gasteiger partial charge in [-0.25, -0.2) is 0 Å². The molecule has 0 aliphatic carbocycles. The van der Waals surface area contributed by atoms with E-state index in [9.17, 15) is 13.5 Å². The molecule has 0 saturated carbocycles. The van der Waals surface area contributed by atoms with E-state index in [4.69, 9.17) is 9.66 Å². The number of piperazine rings is 1. The highest BCUT2D eigenvalue weighted by Gasteiger charge is 2.24. The van der Waals surface area contributed by atoms with Gasteiger partial charge in [0.15, 0.2) is 0 Å². The molecule has 1 aliphatic heterocycles. The van der Waals surface area contributed by atoms with Gasteiger partial charge in [0.25, 0.3) is 10.1 Å². The number of β-amino-alcohol motifs (C(OH)–C–C–N with tert-alkyl or cyclic N) is 2. The van der Waals surface area contributed by atoms with E-state index in [0.717, 1.165) is 6.54 Å². The summed E-state index contributed by atoms with van der Waals surface area (Å²) < 4.78 is 29.6. The molecule has 0 aromatic rings. The van der Waals surface area contributed by atoms with E-state index in [2.05, 4.69) is 0 Å². The van der Waals surface area contributed by atoms with Gasteiger partial charge in [-0.2, -0.15) is 8.42 Å². The fourth-order valence-electron chi connectivity index (χ4n) is 1.92. The highest BCUT2D eigenvalue weighted by Crippen LogP contribution is 2.07. The first-order valence-electron chi connectivity index (χ1n) is 5.63. The number of aliphatic hydroxyl groups excluding tert-OH is 2. The average molecular weight is 286 g/mol. The Morgan fingerprint density at radius 1 is 1.22 bits per heavy atom. The summed E-state index contributed by atoms with van der Waals surface area (Å²) in [4.78, 5) is 3.73. The van der Waals surface area contributed by atoms with Crippen LogP contribution in [0, 0.1) is 0 Å². The van der Waals surface area contributed by atoms with E-state index >= 15 is 0 Å². The topological polar surface area (TPSA) is 133 Å². The lowest BCUT2D eigenvalue weighted by molar-refractivity contribution is -0.0607. The van der Waals surface area contributed by atoms with Crippen LogP contribution in [-0.2, 0) is 10.1 Å². The molecule has 1 aliphatic rings. The van der Waals surface area contributed by atoms with Crippen LogP contribution in [0.4, 0.5) is 0 Å². The van der Waals surface area contributed by atoms with Gasteiger partial charge in [0, 0.05) is 26.2 Å². The van der Waals surface area contributed by atoms with Crippen LogP contribution >= 0.6 is 0 Å². The smallest absolute Gasteiger partial charge is 0.264 e. The Morgan fingerprint density at radius 2 is 1.89 bits per heavy atom. The normalized spacial score (nSPS) is 22.7. The first-order chi connectivity index (χ1) is 7.92. The van der Waals surface area contributed by atoms with Crippen molar-refractivity contribution in [2.75, 3.05) is 45.1 Å². The molecule has 0 aromatic carbocycles. The molecular weight excluding hydrogens is 264 g/mol. The third kappa shape index (κ3) is 6.59. The van der Waals surface area contributed by atoms with Gasteiger partial charge < -0.3 is 15.7 Å². The van der Waals surface area contributed by atoms with Gasteiger partial charge in [0.2, 0.25) is 0 Å². The largest absolute Gasteiger partial charge is 0.412 e. The van der Waals surface area contributed by atoms with Crippen LogP contribution in [0.2, 0.25) is 0 Å². The molecule has 0 radical (unpaired) electrons. The molecule has 0 amide bonds. The Hall–Kier alpha value is -0.290. The number of nitrogens with zero attached hydrogens (tertiary/aromatic N) is 2. The molecule has 110 valence electrons. The van der Waals surface area contributed by atoms with Crippen LogP contribution in [0.15, 0.2) is 0 Å². The van der Waals surface area contributed by atoms with Crippen LogP contribution in [0.1, 0.15) is 6.42 Å². The molecule has 9 heteroatoms. The summed E-state index contributed by atoms with van der Waals surface area (Å²) in [6.07, 6.45) is -0.271. The van der Waals surface area contributed by atoms with Gasteiger partial charge in [-0.3, -0.25) is 14.4 Å². The molecule has 18 heavy (non-hydrogen) atoms. The molecule has 1 rings (SSSR count). The van der Waals surface area contributed by atoms with E-state index in [1.807, 2.05) is 4.90 Å². The number of aliphatic hydroxyl groups is 2. The van der Waals surface area contributed by atoms with Crippen molar-refractivity contribution in [2.45, 2.75) is 12.6 Å². The quantitative estimate of drug-likeness (QED) is 0.455. The highest BCUT2D eigenvalue weighted by molar-refractivity contribution is 7.85. The maximum absolute atomic E-state index is 10.5. The zero-order valence-electron chi connectivity index (χ0n) is 10.2.